The lowest BCUT2D eigenvalue weighted by atomic mass is 10.1. The van der Waals surface area contributed by atoms with Gasteiger partial charge in [-0.2, -0.15) is 0 Å². The van der Waals surface area contributed by atoms with E-state index in [9.17, 15) is 9.59 Å². The van der Waals surface area contributed by atoms with Crippen LogP contribution in [0.4, 0.5) is 11.4 Å². The number of para-hydroxylation sites is 2. The molecule has 4 rings (SSSR count). The summed E-state index contributed by atoms with van der Waals surface area (Å²) in [5.41, 5.74) is 3.71. The first-order valence-electron chi connectivity index (χ1n) is 10.0. The van der Waals surface area contributed by atoms with Crippen molar-refractivity contribution in [2.75, 3.05) is 12.4 Å². The van der Waals surface area contributed by atoms with Crippen molar-refractivity contribution in [2.24, 2.45) is 4.99 Å². The number of benzene rings is 2. The number of amidine groups is 1. The van der Waals surface area contributed by atoms with Crippen molar-refractivity contribution in [3.63, 3.8) is 0 Å². The van der Waals surface area contributed by atoms with Gasteiger partial charge in [-0.1, -0.05) is 30.0 Å². The number of rotatable bonds is 6. The third kappa shape index (κ3) is 4.51. The Hall–Kier alpha value is -2.80. The second kappa shape index (κ2) is 8.52. The fourth-order valence-electron chi connectivity index (χ4n) is 3.61. The van der Waals surface area contributed by atoms with Gasteiger partial charge in [0.05, 0.1) is 18.5 Å². The topological polar surface area (TPSA) is 71.0 Å². The third-order valence-corrected chi connectivity index (χ3v) is 6.21. The number of thioether (sulfide) groups is 1. The van der Waals surface area contributed by atoms with Crippen molar-refractivity contribution < 1.29 is 14.3 Å². The molecule has 30 heavy (non-hydrogen) atoms. The maximum Gasteiger partial charge on any atom is 0.242 e. The number of carbonyl (C=O) groups excluding carboxylic acids is 2. The number of carbonyl (C=O) groups is 2. The Labute approximate surface area is 180 Å². The van der Waals surface area contributed by atoms with Crippen molar-refractivity contribution in [1.29, 1.82) is 0 Å². The predicted molar refractivity (Wildman–Crippen MR) is 120 cm³/mol. The molecule has 1 heterocycles. The number of ether oxygens (including phenoxy) is 1. The standard InChI is InChI=1S/C23H25N3O3S/c1-14-10-15(2)12-16(11-14)24-23-26(17-8-9-17)22(28)20(30-23)13-21(27)25-18-6-4-5-7-19(18)29-3/h4-7,10-12,17,20H,8-9,13H2,1-3H3,(H,25,27). The van der Waals surface area contributed by atoms with Crippen LogP contribution in [0.15, 0.2) is 47.5 Å². The van der Waals surface area contributed by atoms with Gasteiger partial charge in [0, 0.05) is 12.5 Å². The van der Waals surface area contributed by atoms with Crippen LogP contribution in [0.2, 0.25) is 0 Å². The quantitative estimate of drug-likeness (QED) is 0.746. The van der Waals surface area contributed by atoms with Crippen LogP contribution in [0.3, 0.4) is 0 Å². The van der Waals surface area contributed by atoms with Crippen LogP contribution < -0.4 is 10.1 Å². The first-order chi connectivity index (χ1) is 14.4. The number of methoxy groups -OCH3 is 1. The minimum atomic E-state index is -0.468. The number of hydrogen-bond acceptors (Lipinski definition) is 5. The average molecular weight is 424 g/mol. The highest BCUT2D eigenvalue weighted by atomic mass is 32.2. The van der Waals surface area contributed by atoms with Gasteiger partial charge < -0.3 is 10.1 Å². The number of hydrogen-bond donors (Lipinski definition) is 1. The van der Waals surface area contributed by atoms with Crippen molar-refractivity contribution >= 4 is 40.1 Å². The number of nitrogens with zero attached hydrogens (tertiary/aromatic N) is 2. The molecule has 0 radical (unpaired) electrons. The van der Waals surface area contributed by atoms with E-state index in [1.54, 1.807) is 24.1 Å². The number of anilines is 1. The molecule has 0 bridgehead atoms. The lowest BCUT2D eigenvalue weighted by Crippen LogP contribution is -2.35. The van der Waals surface area contributed by atoms with Crippen LogP contribution in [-0.4, -0.2) is 40.3 Å². The molecule has 1 aliphatic heterocycles. The molecular formula is C23H25N3O3S. The molecule has 2 aromatic carbocycles. The second-order valence-corrected chi connectivity index (χ2v) is 8.91. The summed E-state index contributed by atoms with van der Waals surface area (Å²) in [4.78, 5) is 32.3. The zero-order chi connectivity index (χ0) is 21.3. The monoisotopic (exact) mass is 423 g/mol. The van der Waals surface area contributed by atoms with E-state index < -0.39 is 5.25 Å². The fourth-order valence-corrected chi connectivity index (χ4v) is 4.82. The van der Waals surface area contributed by atoms with E-state index in [0.717, 1.165) is 29.7 Å². The normalized spacial score (nSPS) is 20.0. The summed E-state index contributed by atoms with van der Waals surface area (Å²) in [6.45, 7) is 4.07. The summed E-state index contributed by atoms with van der Waals surface area (Å²) in [5.74, 6) is 0.350. The van der Waals surface area contributed by atoms with Gasteiger partial charge in [-0.05, 0) is 62.1 Å². The van der Waals surface area contributed by atoms with E-state index >= 15 is 0 Å². The molecule has 7 heteroatoms. The van der Waals surface area contributed by atoms with Gasteiger partial charge in [0.25, 0.3) is 0 Å². The highest BCUT2D eigenvalue weighted by molar-refractivity contribution is 8.15. The molecule has 1 atom stereocenters. The van der Waals surface area contributed by atoms with E-state index in [2.05, 4.69) is 11.4 Å². The molecule has 1 saturated carbocycles. The summed E-state index contributed by atoms with van der Waals surface area (Å²) in [7, 11) is 1.56. The van der Waals surface area contributed by atoms with Crippen LogP contribution >= 0.6 is 11.8 Å². The smallest absolute Gasteiger partial charge is 0.242 e. The highest BCUT2D eigenvalue weighted by Gasteiger charge is 2.46. The van der Waals surface area contributed by atoms with E-state index in [0.29, 0.717) is 16.6 Å². The fraction of sp³-hybridized carbons (Fsp3) is 0.348. The highest BCUT2D eigenvalue weighted by Crippen LogP contribution is 2.39. The molecular weight excluding hydrogens is 398 g/mol. The van der Waals surface area contributed by atoms with Crippen molar-refractivity contribution in [1.82, 2.24) is 4.90 Å². The Balaban J connectivity index is 1.51. The van der Waals surface area contributed by atoms with Gasteiger partial charge in [-0.15, -0.1) is 0 Å². The molecule has 2 amide bonds. The Morgan fingerprint density at radius 2 is 1.90 bits per heavy atom. The summed E-state index contributed by atoms with van der Waals surface area (Å²) >= 11 is 1.38. The van der Waals surface area contributed by atoms with E-state index in [1.165, 1.54) is 11.8 Å². The zero-order valence-electron chi connectivity index (χ0n) is 17.3. The first-order valence-corrected chi connectivity index (χ1v) is 10.9. The predicted octanol–water partition coefficient (Wildman–Crippen LogP) is 4.43. The number of nitrogens with one attached hydrogen (secondary N) is 1. The molecule has 0 spiro atoms. The molecule has 2 aromatic rings. The Bertz CT molecular complexity index is 996. The molecule has 6 nitrogen and oxygen atoms in total. The number of aliphatic imine (C=N–C) groups is 1. The molecule has 156 valence electrons. The summed E-state index contributed by atoms with van der Waals surface area (Å²) < 4.78 is 5.28. The largest absolute Gasteiger partial charge is 0.495 e. The second-order valence-electron chi connectivity index (χ2n) is 7.74. The SMILES string of the molecule is COc1ccccc1NC(=O)CC1SC(=Nc2cc(C)cc(C)c2)N(C2CC2)C1=O. The maximum absolute atomic E-state index is 13.1. The van der Waals surface area contributed by atoms with Crippen molar-refractivity contribution in [2.45, 2.75) is 44.4 Å². The molecule has 1 N–H and O–H groups in total. The van der Waals surface area contributed by atoms with Crippen LogP contribution in [0.25, 0.3) is 0 Å². The van der Waals surface area contributed by atoms with E-state index in [1.807, 2.05) is 38.1 Å². The molecule has 2 fully saturated rings. The van der Waals surface area contributed by atoms with Gasteiger partial charge in [0.2, 0.25) is 11.8 Å². The van der Waals surface area contributed by atoms with Gasteiger partial charge in [-0.25, -0.2) is 4.99 Å². The summed E-state index contributed by atoms with van der Waals surface area (Å²) in [6, 6.07) is 13.6. The van der Waals surface area contributed by atoms with Crippen LogP contribution in [0.5, 0.6) is 5.75 Å². The Morgan fingerprint density at radius 1 is 1.20 bits per heavy atom. The van der Waals surface area contributed by atoms with Crippen molar-refractivity contribution in [3.8, 4) is 5.75 Å². The van der Waals surface area contributed by atoms with Gasteiger partial charge in [-0.3, -0.25) is 14.5 Å². The Kier molecular flexibility index (Phi) is 5.81. The van der Waals surface area contributed by atoms with Gasteiger partial charge >= 0.3 is 0 Å². The van der Waals surface area contributed by atoms with Crippen LogP contribution in [0, 0.1) is 13.8 Å². The van der Waals surface area contributed by atoms with Crippen molar-refractivity contribution in [3.05, 3.63) is 53.6 Å². The van der Waals surface area contributed by atoms with Crippen LogP contribution in [0.1, 0.15) is 30.4 Å². The molecule has 0 aromatic heterocycles. The zero-order valence-corrected chi connectivity index (χ0v) is 18.2. The number of amides is 2. The lowest BCUT2D eigenvalue weighted by molar-refractivity contribution is -0.128. The van der Waals surface area contributed by atoms with Crippen LogP contribution in [-0.2, 0) is 9.59 Å². The summed E-state index contributed by atoms with van der Waals surface area (Å²) in [6.07, 6.45) is 2.06. The summed E-state index contributed by atoms with van der Waals surface area (Å²) in [5, 5.41) is 3.09. The maximum atomic E-state index is 13.1. The minimum absolute atomic E-state index is 0.0270. The number of aryl methyl sites for hydroxylation is 2. The molecule has 2 aliphatic rings. The average Bonchev–Trinajstić information content (AvgIpc) is 3.47. The third-order valence-electron chi connectivity index (χ3n) is 5.06. The minimum Gasteiger partial charge on any atom is -0.495 e. The Morgan fingerprint density at radius 3 is 2.57 bits per heavy atom. The van der Waals surface area contributed by atoms with E-state index in [-0.39, 0.29) is 24.3 Å². The lowest BCUT2D eigenvalue weighted by Gasteiger charge is -2.15. The van der Waals surface area contributed by atoms with Gasteiger partial charge in [0.15, 0.2) is 5.17 Å². The van der Waals surface area contributed by atoms with Gasteiger partial charge in [0.1, 0.15) is 11.0 Å². The molecule has 1 aliphatic carbocycles. The molecule has 1 saturated heterocycles. The molecule has 1 unspecified atom stereocenters. The first kappa shape index (κ1) is 20.5. The van der Waals surface area contributed by atoms with E-state index in [4.69, 9.17) is 9.73 Å².